The van der Waals surface area contributed by atoms with Crippen molar-refractivity contribution in [3.63, 3.8) is 0 Å². The molecule has 0 saturated heterocycles. The Morgan fingerprint density at radius 2 is 1.84 bits per heavy atom. The molecule has 0 saturated carbocycles. The fourth-order valence-electron chi connectivity index (χ4n) is 1.30. The summed E-state index contributed by atoms with van der Waals surface area (Å²) in [5, 5.41) is 0. The highest BCUT2D eigenvalue weighted by atomic mass is 19.3. The first kappa shape index (κ1) is 15.7. The first-order valence-electron chi connectivity index (χ1n) is 5.62. The summed E-state index contributed by atoms with van der Waals surface area (Å²) in [7, 11) is 0. The SMILES string of the molecule is NCc1ccccc1OCCOCC(F)(F)C(F)F. The topological polar surface area (TPSA) is 44.5 Å². The molecule has 1 aromatic rings. The fourth-order valence-corrected chi connectivity index (χ4v) is 1.30. The molecule has 0 spiro atoms. The maximum absolute atomic E-state index is 12.5. The van der Waals surface area contributed by atoms with E-state index >= 15 is 0 Å². The zero-order valence-electron chi connectivity index (χ0n) is 10.1. The van der Waals surface area contributed by atoms with Crippen LogP contribution in [0.3, 0.4) is 0 Å². The van der Waals surface area contributed by atoms with E-state index in [2.05, 4.69) is 4.74 Å². The molecule has 2 N–H and O–H groups in total. The Morgan fingerprint density at radius 1 is 1.16 bits per heavy atom. The Balaban J connectivity index is 2.28. The summed E-state index contributed by atoms with van der Waals surface area (Å²) in [4.78, 5) is 0. The van der Waals surface area contributed by atoms with Crippen LogP contribution in [0.25, 0.3) is 0 Å². The van der Waals surface area contributed by atoms with E-state index in [1.54, 1.807) is 24.3 Å². The largest absolute Gasteiger partial charge is 0.491 e. The van der Waals surface area contributed by atoms with Crippen molar-refractivity contribution in [2.75, 3.05) is 19.8 Å². The van der Waals surface area contributed by atoms with E-state index in [1.165, 1.54) is 0 Å². The van der Waals surface area contributed by atoms with Crippen LogP contribution in [0.4, 0.5) is 17.6 Å². The van der Waals surface area contributed by atoms with Crippen LogP contribution in [-0.4, -0.2) is 32.2 Å². The van der Waals surface area contributed by atoms with E-state index in [0.29, 0.717) is 5.75 Å². The van der Waals surface area contributed by atoms with Crippen LogP contribution < -0.4 is 10.5 Å². The van der Waals surface area contributed by atoms with Crippen molar-refractivity contribution in [1.29, 1.82) is 0 Å². The molecule has 0 radical (unpaired) electrons. The Labute approximate surface area is 108 Å². The van der Waals surface area contributed by atoms with E-state index in [-0.39, 0.29) is 19.8 Å². The molecule has 0 bridgehead atoms. The van der Waals surface area contributed by atoms with E-state index in [9.17, 15) is 17.6 Å². The highest BCUT2D eigenvalue weighted by Crippen LogP contribution is 2.22. The lowest BCUT2D eigenvalue weighted by Gasteiger charge is -2.15. The Hall–Kier alpha value is -1.34. The molecular formula is C12H15F4NO2. The molecule has 1 aromatic carbocycles. The number of benzene rings is 1. The number of alkyl halides is 4. The summed E-state index contributed by atoms with van der Waals surface area (Å²) in [5.74, 6) is -3.61. The molecule has 0 fully saturated rings. The van der Waals surface area contributed by atoms with Crippen molar-refractivity contribution < 1.29 is 27.0 Å². The number of halogens is 4. The van der Waals surface area contributed by atoms with Gasteiger partial charge in [0.2, 0.25) is 0 Å². The molecule has 0 heterocycles. The predicted octanol–water partition coefficient (Wildman–Crippen LogP) is 2.44. The third kappa shape index (κ3) is 5.04. The lowest BCUT2D eigenvalue weighted by atomic mass is 10.2. The molecule has 3 nitrogen and oxygen atoms in total. The molecule has 7 heteroatoms. The van der Waals surface area contributed by atoms with Gasteiger partial charge in [0.15, 0.2) is 0 Å². The Kier molecular flexibility index (Phi) is 6.04. The number of ether oxygens (including phenoxy) is 2. The molecule has 0 aliphatic carbocycles. The van der Waals surface area contributed by atoms with Crippen molar-refractivity contribution in [1.82, 2.24) is 0 Å². The molecular weight excluding hydrogens is 266 g/mol. The van der Waals surface area contributed by atoms with Crippen molar-refractivity contribution in [3.8, 4) is 5.75 Å². The van der Waals surface area contributed by atoms with Gasteiger partial charge >= 0.3 is 12.3 Å². The lowest BCUT2D eigenvalue weighted by Crippen LogP contribution is -2.33. The van der Waals surface area contributed by atoms with Crippen LogP contribution in [0.15, 0.2) is 24.3 Å². The zero-order valence-corrected chi connectivity index (χ0v) is 10.1. The van der Waals surface area contributed by atoms with Crippen LogP contribution in [0, 0.1) is 0 Å². The number of rotatable bonds is 8. The minimum absolute atomic E-state index is 0.0175. The van der Waals surface area contributed by atoms with Gasteiger partial charge < -0.3 is 15.2 Å². The van der Waals surface area contributed by atoms with Crippen LogP contribution in [0.1, 0.15) is 5.56 Å². The molecule has 0 aliphatic rings. The Bertz CT molecular complexity index is 388. The molecule has 0 amide bonds. The third-order valence-corrected chi connectivity index (χ3v) is 2.29. The van der Waals surface area contributed by atoms with Crippen molar-refractivity contribution >= 4 is 0 Å². The van der Waals surface area contributed by atoms with E-state index in [1.807, 2.05) is 0 Å². The van der Waals surface area contributed by atoms with Crippen LogP contribution in [0.5, 0.6) is 5.75 Å². The highest BCUT2D eigenvalue weighted by molar-refractivity contribution is 5.32. The van der Waals surface area contributed by atoms with Gasteiger partial charge in [-0.15, -0.1) is 0 Å². The van der Waals surface area contributed by atoms with Gasteiger partial charge in [0.1, 0.15) is 19.0 Å². The normalized spacial score (nSPS) is 11.9. The fraction of sp³-hybridized carbons (Fsp3) is 0.500. The maximum atomic E-state index is 12.5. The van der Waals surface area contributed by atoms with Crippen LogP contribution in [0.2, 0.25) is 0 Å². The highest BCUT2D eigenvalue weighted by Gasteiger charge is 2.40. The van der Waals surface area contributed by atoms with E-state index < -0.39 is 19.0 Å². The molecule has 108 valence electrons. The van der Waals surface area contributed by atoms with Crippen molar-refractivity contribution in [2.45, 2.75) is 18.9 Å². The second-order valence-electron chi connectivity index (χ2n) is 3.77. The van der Waals surface area contributed by atoms with Crippen molar-refractivity contribution in [3.05, 3.63) is 29.8 Å². The van der Waals surface area contributed by atoms with Gasteiger partial charge in [-0.3, -0.25) is 0 Å². The summed E-state index contributed by atoms with van der Waals surface area (Å²) in [6.07, 6.45) is -3.73. The summed E-state index contributed by atoms with van der Waals surface area (Å²) in [5.41, 5.74) is 6.24. The predicted molar refractivity (Wildman–Crippen MR) is 61.6 cm³/mol. The summed E-state index contributed by atoms with van der Waals surface area (Å²) >= 11 is 0. The van der Waals surface area contributed by atoms with E-state index in [0.717, 1.165) is 5.56 Å². The minimum Gasteiger partial charge on any atom is -0.491 e. The monoisotopic (exact) mass is 281 g/mol. The summed E-state index contributed by atoms with van der Waals surface area (Å²) in [6.45, 7) is -1.27. The standard InChI is InChI=1S/C12H15F4NO2/c13-11(14)12(15,16)8-18-5-6-19-10-4-2-1-3-9(10)7-17/h1-4,11H,5-8,17H2. The molecule has 19 heavy (non-hydrogen) atoms. The minimum atomic E-state index is -4.13. The van der Waals surface area contributed by atoms with Gasteiger partial charge in [0.25, 0.3) is 0 Å². The molecule has 0 atom stereocenters. The number of hydrogen-bond donors (Lipinski definition) is 1. The molecule has 0 aliphatic heterocycles. The van der Waals surface area contributed by atoms with Gasteiger partial charge in [-0.25, -0.2) is 8.78 Å². The number of nitrogens with two attached hydrogens (primary N) is 1. The zero-order chi connectivity index (χ0) is 14.3. The molecule has 0 unspecified atom stereocenters. The van der Waals surface area contributed by atoms with Gasteiger partial charge in [-0.2, -0.15) is 8.78 Å². The second kappa shape index (κ2) is 7.30. The van der Waals surface area contributed by atoms with Gasteiger partial charge in [0, 0.05) is 12.1 Å². The summed E-state index contributed by atoms with van der Waals surface area (Å²) in [6, 6.07) is 6.96. The quantitative estimate of drug-likeness (QED) is 0.588. The van der Waals surface area contributed by atoms with Gasteiger partial charge in [-0.05, 0) is 6.07 Å². The van der Waals surface area contributed by atoms with Gasteiger partial charge in [0.05, 0.1) is 6.61 Å². The number of para-hydroxylation sites is 1. The lowest BCUT2D eigenvalue weighted by molar-refractivity contribution is -0.166. The first-order chi connectivity index (χ1) is 8.97. The molecule has 0 aromatic heterocycles. The first-order valence-corrected chi connectivity index (χ1v) is 5.62. The van der Waals surface area contributed by atoms with Crippen molar-refractivity contribution in [2.24, 2.45) is 5.73 Å². The smallest absolute Gasteiger partial charge is 0.330 e. The van der Waals surface area contributed by atoms with Crippen LogP contribution >= 0.6 is 0 Å². The number of hydrogen-bond acceptors (Lipinski definition) is 3. The second-order valence-corrected chi connectivity index (χ2v) is 3.77. The van der Waals surface area contributed by atoms with E-state index in [4.69, 9.17) is 10.5 Å². The molecule has 1 rings (SSSR count). The average Bonchev–Trinajstić information content (AvgIpc) is 2.38. The average molecular weight is 281 g/mol. The Morgan fingerprint density at radius 3 is 2.47 bits per heavy atom. The third-order valence-electron chi connectivity index (χ3n) is 2.29. The maximum Gasteiger partial charge on any atom is 0.330 e. The van der Waals surface area contributed by atoms with Gasteiger partial charge in [-0.1, -0.05) is 18.2 Å². The van der Waals surface area contributed by atoms with Crippen LogP contribution in [-0.2, 0) is 11.3 Å². The summed E-state index contributed by atoms with van der Waals surface area (Å²) < 4.78 is 58.3.